The van der Waals surface area contributed by atoms with Crippen LogP contribution in [0, 0.1) is 13.8 Å². The van der Waals surface area contributed by atoms with Crippen LogP contribution in [0.1, 0.15) is 25.0 Å². The van der Waals surface area contributed by atoms with Crippen molar-refractivity contribution in [2.24, 2.45) is 4.99 Å². The van der Waals surface area contributed by atoms with Crippen LogP contribution in [0.15, 0.2) is 86.6 Å². The fourth-order valence-electron chi connectivity index (χ4n) is 5.44. The summed E-state index contributed by atoms with van der Waals surface area (Å²) in [4.78, 5) is 6.76. The van der Waals surface area contributed by atoms with Gasteiger partial charge in [0.25, 0.3) is 0 Å². The van der Waals surface area contributed by atoms with Crippen LogP contribution in [0.3, 0.4) is 0 Å². The molecule has 0 unspecified atom stereocenters. The standard InChI is InChI=1S/C35H35N5O2/c1-7-36-29-19-31-27(17-21(29)3)33(28-18-22(4)30(37-8-2)20-32(28)41-31)25-11-9-10-12-26(25)35-39-38-34(42-35)23-13-15-24(16-14-23)40(5)6/h9-20,36H,7-8H2,1-6H3. The monoisotopic (exact) mass is 557 g/mol. The van der Waals surface area contributed by atoms with E-state index in [2.05, 4.69) is 71.5 Å². The lowest BCUT2D eigenvalue weighted by Gasteiger charge is -2.19. The molecule has 0 atom stereocenters. The molecule has 0 amide bonds. The molecule has 6 rings (SSSR count). The number of nitrogens with one attached hydrogen (secondary N) is 1. The van der Waals surface area contributed by atoms with Crippen molar-refractivity contribution in [1.29, 1.82) is 0 Å². The molecule has 212 valence electrons. The van der Waals surface area contributed by atoms with Crippen LogP contribution in [0.4, 0.5) is 11.4 Å². The summed E-state index contributed by atoms with van der Waals surface area (Å²) >= 11 is 0. The minimum atomic E-state index is 0.467. The van der Waals surface area contributed by atoms with E-state index in [1.807, 2.05) is 63.5 Å². The Kier molecular flexibility index (Phi) is 7.25. The molecule has 4 aromatic rings. The molecule has 0 fully saturated rings. The largest absolute Gasteiger partial charge is 0.456 e. The van der Waals surface area contributed by atoms with Gasteiger partial charge in [-0.05, 0) is 86.8 Å². The van der Waals surface area contributed by atoms with Crippen molar-refractivity contribution in [3.63, 3.8) is 0 Å². The molecule has 1 aliphatic heterocycles. The summed E-state index contributed by atoms with van der Waals surface area (Å²) in [6, 6.07) is 24.8. The predicted octanol–water partition coefficient (Wildman–Crippen LogP) is 7.96. The molecule has 42 heavy (non-hydrogen) atoms. The Bertz CT molecular complexity index is 1930. The number of anilines is 2. The van der Waals surface area contributed by atoms with E-state index in [9.17, 15) is 0 Å². The molecule has 1 N–H and O–H groups in total. The van der Waals surface area contributed by atoms with Gasteiger partial charge in [-0.3, -0.25) is 4.99 Å². The highest BCUT2D eigenvalue weighted by Crippen LogP contribution is 2.45. The van der Waals surface area contributed by atoms with Crippen LogP contribution in [0.5, 0.6) is 0 Å². The van der Waals surface area contributed by atoms with E-state index in [0.717, 1.165) is 79.0 Å². The molecule has 0 spiro atoms. The molecule has 0 saturated carbocycles. The number of aromatic nitrogens is 2. The lowest BCUT2D eigenvalue weighted by molar-refractivity contribution is 0.584. The lowest BCUT2D eigenvalue weighted by Crippen LogP contribution is -2.09. The Labute approximate surface area is 245 Å². The summed E-state index contributed by atoms with van der Waals surface area (Å²) in [5, 5.41) is 14.3. The number of nitrogens with zero attached hydrogens (tertiary/aromatic N) is 4. The number of hydrogen-bond donors (Lipinski definition) is 1. The highest BCUT2D eigenvalue weighted by Gasteiger charge is 2.23. The Balaban J connectivity index is 1.59. The van der Waals surface area contributed by atoms with Gasteiger partial charge in [0, 0.05) is 78.3 Å². The van der Waals surface area contributed by atoms with Crippen LogP contribution in [0.25, 0.3) is 56.3 Å². The van der Waals surface area contributed by atoms with Crippen LogP contribution in [-0.2, 0) is 0 Å². The zero-order valence-corrected chi connectivity index (χ0v) is 24.9. The van der Waals surface area contributed by atoms with E-state index < -0.39 is 0 Å². The zero-order valence-electron chi connectivity index (χ0n) is 24.9. The first-order valence-electron chi connectivity index (χ1n) is 14.3. The smallest absolute Gasteiger partial charge is 0.248 e. The van der Waals surface area contributed by atoms with E-state index in [1.54, 1.807) is 0 Å². The molecule has 2 aliphatic rings. The van der Waals surface area contributed by atoms with Gasteiger partial charge in [0.2, 0.25) is 11.8 Å². The van der Waals surface area contributed by atoms with Crippen molar-refractivity contribution >= 4 is 22.3 Å². The summed E-state index contributed by atoms with van der Waals surface area (Å²) in [6.07, 6.45) is 0. The van der Waals surface area contributed by atoms with Gasteiger partial charge in [0.05, 0.1) is 5.36 Å². The second kappa shape index (κ2) is 11.2. The molecule has 2 heterocycles. The summed E-state index contributed by atoms with van der Waals surface area (Å²) in [5.41, 5.74) is 10.0. The van der Waals surface area contributed by atoms with Crippen LogP contribution in [-0.4, -0.2) is 37.4 Å². The van der Waals surface area contributed by atoms with Crippen LogP contribution < -0.4 is 15.6 Å². The fourth-order valence-corrected chi connectivity index (χ4v) is 5.44. The number of aryl methyl sites for hydroxylation is 2. The average Bonchev–Trinajstić information content (AvgIpc) is 3.48. The van der Waals surface area contributed by atoms with Crippen molar-refractivity contribution in [2.75, 3.05) is 37.4 Å². The Morgan fingerprint density at radius 3 is 2.24 bits per heavy atom. The first-order valence-corrected chi connectivity index (χ1v) is 14.3. The SMILES string of the molecule is CCN=c1cc2oc3cc(NCC)c(C)cc3c(-c3ccccc3-c3nnc(-c4ccc(N(C)C)cc4)o3)c-2cc1C. The molecule has 0 bridgehead atoms. The lowest BCUT2D eigenvalue weighted by atomic mass is 9.89. The van der Waals surface area contributed by atoms with Gasteiger partial charge in [-0.2, -0.15) is 0 Å². The van der Waals surface area contributed by atoms with E-state index in [4.69, 9.17) is 13.8 Å². The first-order chi connectivity index (χ1) is 20.4. The topological polar surface area (TPSA) is 79.7 Å². The molecule has 7 heteroatoms. The normalized spacial score (nSPS) is 11.9. The second-order valence-corrected chi connectivity index (χ2v) is 10.7. The van der Waals surface area contributed by atoms with Gasteiger partial charge < -0.3 is 19.1 Å². The third kappa shape index (κ3) is 4.91. The van der Waals surface area contributed by atoms with Crippen LogP contribution >= 0.6 is 0 Å². The highest BCUT2D eigenvalue weighted by molar-refractivity contribution is 6.05. The summed E-state index contributed by atoms with van der Waals surface area (Å²) in [5.74, 6) is 1.73. The number of hydrogen-bond acceptors (Lipinski definition) is 7. The molecule has 1 aliphatic carbocycles. The van der Waals surface area contributed by atoms with E-state index in [1.165, 1.54) is 0 Å². The Hall–Kier alpha value is -4.91. The second-order valence-electron chi connectivity index (χ2n) is 10.7. The predicted molar refractivity (Wildman–Crippen MR) is 171 cm³/mol. The van der Waals surface area contributed by atoms with E-state index in [-0.39, 0.29) is 0 Å². The average molecular weight is 558 g/mol. The number of fused-ring (bicyclic) bond motifs is 2. The molecule has 3 aromatic carbocycles. The fraction of sp³-hybridized carbons (Fsp3) is 0.229. The number of benzene rings is 4. The highest BCUT2D eigenvalue weighted by atomic mass is 16.4. The molecule has 7 nitrogen and oxygen atoms in total. The van der Waals surface area contributed by atoms with Crippen LogP contribution in [0.2, 0.25) is 0 Å². The first kappa shape index (κ1) is 27.3. The summed E-state index contributed by atoms with van der Waals surface area (Å²) in [7, 11) is 4.04. The Morgan fingerprint density at radius 1 is 0.786 bits per heavy atom. The minimum absolute atomic E-state index is 0.467. The van der Waals surface area contributed by atoms with Gasteiger partial charge in [0.15, 0.2) is 0 Å². The maximum atomic E-state index is 6.57. The third-order valence-corrected chi connectivity index (χ3v) is 7.56. The van der Waals surface area contributed by atoms with Crippen molar-refractivity contribution in [3.8, 4) is 45.4 Å². The van der Waals surface area contributed by atoms with Gasteiger partial charge in [0.1, 0.15) is 11.3 Å². The molecule has 0 radical (unpaired) electrons. The van der Waals surface area contributed by atoms with Crippen molar-refractivity contribution < 1.29 is 8.83 Å². The van der Waals surface area contributed by atoms with Crippen molar-refractivity contribution in [1.82, 2.24) is 10.2 Å². The molecule has 0 saturated heterocycles. The van der Waals surface area contributed by atoms with Crippen molar-refractivity contribution in [2.45, 2.75) is 27.7 Å². The summed E-state index contributed by atoms with van der Waals surface area (Å²) < 4.78 is 12.9. The Morgan fingerprint density at radius 2 is 1.52 bits per heavy atom. The van der Waals surface area contributed by atoms with Gasteiger partial charge in [-0.25, -0.2) is 0 Å². The maximum absolute atomic E-state index is 6.57. The van der Waals surface area contributed by atoms with Gasteiger partial charge in [-0.15, -0.1) is 10.2 Å². The molecular weight excluding hydrogens is 522 g/mol. The van der Waals surface area contributed by atoms with Gasteiger partial charge in [-0.1, -0.05) is 18.2 Å². The minimum Gasteiger partial charge on any atom is -0.456 e. The molecule has 1 aromatic heterocycles. The third-order valence-electron chi connectivity index (χ3n) is 7.56. The number of rotatable bonds is 7. The van der Waals surface area contributed by atoms with Crippen molar-refractivity contribution in [3.05, 3.63) is 89.3 Å². The quantitative estimate of drug-likeness (QED) is 0.201. The van der Waals surface area contributed by atoms with E-state index >= 15 is 0 Å². The van der Waals surface area contributed by atoms with Gasteiger partial charge >= 0.3 is 0 Å². The zero-order chi connectivity index (χ0) is 29.4. The van der Waals surface area contributed by atoms with E-state index in [0.29, 0.717) is 18.3 Å². The maximum Gasteiger partial charge on any atom is 0.248 e. The molecular formula is C35H35N5O2. The summed E-state index contributed by atoms with van der Waals surface area (Å²) in [6.45, 7) is 9.89.